The van der Waals surface area contributed by atoms with E-state index in [2.05, 4.69) is 39.5 Å². The topological polar surface area (TPSA) is 72.3 Å². The van der Waals surface area contributed by atoms with E-state index in [9.17, 15) is 4.79 Å². The van der Waals surface area contributed by atoms with Gasteiger partial charge in [0.2, 0.25) is 11.9 Å². The fourth-order valence-electron chi connectivity index (χ4n) is 3.47. The van der Waals surface area contributed by atoms with Gasteiger partial charge in [-0.15, -0.1) is 10.2 Å². The van der Waals surface area contributed by atoms with Gasteiger partial charge in [-0.25, -0.2) is 0 Å². The van der Waals surface area contributed by atoms with Crippen LogP contribution in [-0.2, 0) is 9.53 Å². The van der Waals surface area contributed by atoms with Crippen LogP contribution in [0.2, 0.25) is 5.02 Å². The Labute approximate surface area is 197 Å². The molecule has 7 nitrogen and oxygen atoms in total. The Morgan fingerprint density at radius 1 is 1.16 bits per heavy atom. The standard InChI is InChI=1S/C23H26ClN5O2S/c1-15-5-4-6-19(13-15)29-22(28-9-11-31-12-10-28)26-27-23(29)32-17(3)21(30)25-20-14-18(24)8-7-16(20)2/h4-8,13-14,17H,9-12H2,1-3H3,(H,25,30). The largest absolute Gasteiger partial charge is 0.378 e. The average molecular weight is 472 g/mol. The lowest BCUT2D eigenvalue weighted by Gasteiger charge is -2.28. The average Bonchev–Trinajstić information content (AvgIpc) is 3.20. The highest BCUT2D eigenvalue weighted by Gasteiger charge is 2.25. The van der Waals surface area contributed by atoms with Gasteiger partial charge >= 0.3 is 0 Å². The molecular formula is C23H26ClN5O2S. The van der Waals surface area contributed by atoms with Gasteiger partial charge in [0.25, 0.3) is 0 Å². The number of halogens is 1. The van der Waals surface area contributed by atoms with Gasteiger partial charge in [0, 0.05) is 23.8 Å². The third kappa shape index (κ3) is 5.09. The van der Waals surface area contributed by atoms with Crippen molar-refractivity contribution in [2.24, 2.45) is 0 Å². The molecule has 2 aromatic carbocycles. The van der Waals surface area contributed by atoms with Crippen LogP contribution in [0, 0.1) is 13.8 Å². The number of hydrogen-bond donors (Lipinski definition) is 1. The Kier molecular flexibility index (Phi) is 7.03. The monoisotopic (exact) mass is 471 g/mol. The Morgan fingerprint density at radius 3 is 2.69 bits per heavy atom. The first-order valence-corrected chi connectivity index (χ1v) is 11.8. The molecule has 1 aliphatic heterocycles. The van der Waals surface area contributed by atoms with Crippen molar-refractivity contribution in [3.05, 3.63) is 58.6 Å². The van der Waals surface area contributed by atoms with Crippen molar-refractivity contribution in [2.75, 3.05) is 36.5 Å². The minimum Gasteiger partial charge on any atom is -0.378 e. The Balaban J connectivity index is 1.60. The van der Waals surface area contributed by atoms with E-state index in [0.29, 0.717) is 29.1 Å². The van der Waals surface area contributed by atoms with E-state index in [1.165, 1.54) is 11.8 Å². The molecule has 0 radical (unpaired) electrons. The van der Waals surface area contributed by atoms with Crippen LogP contribution in [0.3, 0.4) is 0 Å². The van der Waals surface area contributed by atoms with Gasteiger partial charge in [-0.3, -0.25) is 9.36 Å². The number of aromatic nitrogens is 3. The van der Waals surface area contributed by atoms with Crippen LogP contribution in [0.15, 0.2) is 47.6 Å². The van der Waals surface area contributed by atoms with Gasteiger partial charge in [-0.1, -0.05) is 41.6 Å². The van der Waals surface area contributed by atoms with E-state index >= 15 is 0 Å². The first-order valence-electron chi connectivity index (χ1n) is 10.5. The molecule has 1 unspecified atom stereocenters. The number of benzene rings is 2. The zero-order valence-electron chi connectivity index (χ0n) is 18.3. The van der Waals surface area contributed by atoms with Crippen molar-refractivity contribution in [1.29, 1.82) is 0 Å². The number of anilines is 2. The number of morpholine rings is 1. The molecule has 2 heterocycles. The van der Waals surface area contributed by atoms with Crippen molar-refractivity contribution in [3.8, 4) is 5.69 Å². The number of ether oxygens (including phenoxy) is 1. The molecule has 1 amide bonds. The number of aryl methyl sites for hydroxylation is 2. The normalized spacial score (nSPS) is 14.9. The molecule has 3 aromatic rings. The number of amides is 1. The number of nitrogens with zero attached hydrogens (tertiary/aromatic N) is 4. The fourth-order valence-corrected chi connectivity index (χ4v) is 4.51. The molecule has 1 N–H and O–H groups in total. The van der Waals surface area contributed by atoms with Crippen LogP contribution in [0.1, 0.15) is 18.1 Å². The molecular weight excluding hydrogens is 446 g/mol. The quantitative estimate of drug-likeness (QED) is 0.534. The summed E-state index contributed by atoms with van der Waals surface area (Å²) in [5, 5.41) is 12.8. The number of rotatable bonds is 6. The van der Waals surface area contributed by atoms with Crippen LogP contribution >= 0.6 is 23.4 Å². The van der Waals surface area contributed by atoms with Gasteiger partial charge in [-0.05, 0) is 56.2 Å². The van der Waals surface area contributed by atoms with Crippen molar-refractivity contribution < 1.29 is 9.53 Å². The first-order chi connectivity index (χ1) is 15.4. The lowest BCUT2D eigenvalue weighted by molar-refractivity contribution is -0.115. The van der Waals surface area contributed by atoms with E-state index in [4.69, 9.17) is 16.3 Å². The van der Waals surface area contributed by atoms with Gasteiger partial charge in [0.15, 0.2) is 5.16 Å². The maximum Gasteiger partial charge on any atom is 0.237 e. The summed E-state index contributed by atoms with van der Waals surface area (Å²) in [6, 6.07) is 13.7. The smallest absolute Gasteiger partial charge is 0.237 e. The zero-order chi connectivity index (χ0) is 22.7. The van der Waals surface area contributed by atoms with Gasteiger partial charge in [0.1, 0.15) is 0 Å². The summed E-state index contributed by atoms with van der Waals surface area (Å²) in [6.45, 7) is 8.66. The third-order valence-corrected chi connectivity index (χ3v) is 6.56. The lowest BCUT2D eigenvalue weighted by atomic mass is 10.2. The second-order valence-electron chi connectivity index (χ2n) is 7.76. The lowest BCUT2D eigenvalue weighted by Crippen LogP contribution is -2.38. The van der Waals surface area contributed by atoms with Crippen LogP contribution < -0.4 is 10.2 Å². The van der Waals surface area contributed by atoms with Crippen molar-refractivity contribution in [3.63, 3.8) is 0 Å². The van der Waals surface area contributed by atoms with Crippen molar-refractivity contribution >= 4 is 40.9 Å². The summed E-state index contributed by atoms with van der Waals surface area (Å²) in [7, 11) is 0. The van der Waals surface area contributed by atoms with Crippen molar-refractivity contribution in [1.82, 2.24) is 14.8 Å². The maximum atomic E-state index is 12.9. The molecule has 1 aliphatic rings. The highest BCUT2D eigenvalue weighted by molar-refractivity contribution is 8.00. The number of nitrogens with one attached hydrogen (secondary N) is 1. The predicted molar refractivity (Wildman–Crippen MR) is 129 cm³/mol. The second kappa shape index (κ2) is 9.94. The molecule has 1 saturated heterocycles. The van der Waals surface area contributed by atoms with Crippen LogP contribution in [0.4, 0.5) is 11.6 Å². The Morgan fingerprint density at radius 2 is 1.94 bits per heavy atom. The number of hydrogen-bond acceptors (Lipinski definition) is 6. The second-order valence-corrected chi connectivity index (χ2v) is 9.51. The van der Waals surface area contributed by atoms with Gasteiger partial charge in [0.05, 0.1) is 24.2 Å². The van der Waals surface area contributed by atoms with Crippen LogP contribution in [-0.4, -0.2) is 52.2 Å². The molecule has 0 saturated carbocycles. The van der Waals surface area contributed by atoms with E-state index in [1.807, 2.05) is 42.7 Å². The number of carbonyl (C=O) groups excluding carboxylic acids is 1. The summed E-state index contributed by atoms with van der Waals surface area (Å²) in [6.07, 6.45) is 0. The highest BCUT2D eigenvalue weighted by Crippen LogP contribution is 2.31. The summed E-state index contributed by atoms with van der Waals surface area (Å²) in [5.74, 6) is 0.645. The third-order valence-electron chi connectivity index (χ3n) is 5.28. The summed E-state index contributed by atoms with van der Waals surface area (Å²) in [4.78, 5) is 15.1. The number of thioether (sulfide) groups is 1. The molecule has 1 fully saturated rings. The molecule has 168 valence electrons. The van der Waals surface area contributed by atoms with Crippen LogP contribution in [0.5, 0.6) is 0 Å². The van der Waals surface area contributed by atoms with Crippen molar-refractivity contribution in [2.45, 2.75) is 31.2 Å². The molecule has 0 aliphatic carbocycles. The summed E-state index contributed by atoms with van der Waals surface area (Å²) >= 11 is 7.48. The first kappa shape index (κ1) is 22.6. The summed E-state index contributed by atoms with van der Waals surface area (Å²) < 4.78 is 7.52. The maximum absolute atomic E-state index is 12.9. The fraction of sp³-hybridized carbons (Fsp3) is 0.348. The van der Waals surface area contributed by atoms with Crippen LogP contribution in [0.25, 0.3) is 5.69 Å². The molecule has 0 bridgehead atoms. The van der Waals surface area contributed by atoms with E-state index in [1.54, 1.807) is 6.07 Å². The zero-order valence-corrected chi connectivity index (χ0v) is 19.9. The van der Waals surface area contributed by atoms with E-state index < -0.39 is 5.25 Å². The predicted octanol–water partition coefficient (Wildman–Crippen LogP) is 4.49. The SMILES string of the molecule is Cc1cccc(-n2c(SC(C)C(=O)Nc3cc(Cl)ccc3C)nnc2N2CCOCC2)c1. The number of carbonyl (C=O) groups is 1. The van der Waals surface area contributed by atoms with E-state index in [0.717, 1.165) is 35.9 Å². The Bertz CT molecular complexity index is 1110. The van der Waals surface area contributed by atoms with Gasteiger partial charge in [-0.2, -0.15) is 0 Å². The van der Waals surface area contributed by atoms with E-state index in [-0.39, 0.29) is 5.91 Å². The minimum atomic E-state index is -0.390. The molecule has 4 rings (SSSR count). The Hall–Kier alpha value is -2.55. The highest BCUT2D eigenvalue weighted by atomic mass is 35.5. The van der Waals surface area contributed by atoms with Gasteiger partial charge < -0.3 is 15.0 Å². The molecule has 0 spiro atoms. The molecule has 9 heteroatoms. The minimum absolute atomic E-state index is 0.118. The molecule has 1 atom stereocenters. The molecule has 1 aromatic heterocycles. The summed E-state index contributed by atoms with van der Waals surface area (Å²) in [5.41, 5.74) is 3.78. The molecule has 32 heavy (non-hydrogen) atoms.